The first-order valence-corrected chi connectivity index (χ1v) is 10.8. The summed E-state index contributed by atoms with van der Waals surface area (Å²) in [5.41, 5.74) is 3.04. The number of amides is 1. The third-order valence-electron chi connectivity index (χ3n) is 4.39. The molecule has 0 saturated heterocycles. The van der Waals surface area contributed by atoms with Gasteiger partial charge in [0.1, 0.15) is 0 Å². The predicted octanol–water partition coefficient (Wildman–Crippen LogP) is 5.10. The first-order valence-electron chi connectivity index (χ1n) is 9.26. The van der Waals surface area contributed by atoms with Gasteiger partial charge in [0, 0.05) is 27.1 Å². The van der Waals surface area contributed by atoms with Crippen LogP contribution in [0.25, 0.3) is 21.8 Å². The Balaban J connectivity index is 1.87. The number of carbonyl (C=O) groups excluding carboxylic acids is 1. The van der Waals surface area contributed by atoms with Gasteiger partial charge >= 0.3 is 16.6 Å². The Labute approximate surface area is 177 Å². The Bertz CT molecular complexity index is 1030. The molecule has 2 heterocycles. The Kier molecular flexibility index (Phi) is 7.00. The van der Waals surface area contributed by atoms with E-state index in [2.05, 4.69) is 17.2 Å². The molecular weight excluding hydrogens is 406 g/mol. The topological polar surface area (TPSA) is 81.2 Å². The molecule has 1 aromatic carbocycles. The van der Waals surface area contributed by atoms with E-state index in [1.807, 2.05) is 19.1 Å². The molecule has 0 bridgehead atoms. The zero-order chi connectivity index (χ0) is 20.8. The zero-order valence-corrected chi connectivity index (χ0v) is 18.2. The fourth-order valence-corrected chi connectivity index (χ4v) is 4.08. The summed E-state index contributed by atoms with van der Waals surface area (Å²) in [6, 6.07) is 7.28. The summed E-state index contributed by atoms with van der Waals surface area (Å²) in [6.45, 7) is 4.04. The highest BCUT2D eigenvalue weighted by Gasteiger charge is 2.17. The standard InChI is InChI=1S/C21H21N3O3S2/c1-4-5-6-21(25)24-15-10-20(28-13(15)2)17-12-22-11-16(23-17)14-7-8-19(29-26)18(9-14)27-3/h7-12H,4-6H2,1-3H3/p+1. The number of anilines is 1. The van der Waals surface area contributed by atoms with Crippen molar-refractivity contribution in [3.63, 3.8) is 0 Å². The average molecular weight is 429 g/mol. The number of aryl methyl sites for hydroxylation is 1. The number of hydrogen-bond acceptors (Lipinski definition) is 6. The molecule has 0 aliphatic carbocycles. The summed E-state index contributed by atoms with van der Waals surface area (Å²) in [5.74, 6) is 0.543. The second kappa shape index (κ2) is 9.67. The van der Waals surface area contributed by atoms with E-state index in [9.17, 15) is 9.00 Å². The molecule has 0 radical (unpaired) electrons. The Morgan fingerprint density at radius 1 is 1.24 bits per heavy atom. The van der Waals surface area contributed by atoms with E-state index >= 15 is 0 Å². The summed E-state index contributed by atoms with van der Waals surface area (Å²) < 4.78 is 16.4. The normalized spacial score (nSPS) is 10.6. The third kappa shape index (κ3) is 5.02. The zero-order valence-electron chi connectivity index (χ0n) is 16.5. The van der Waals surface area contributed by atoms with Crippen LogP contribution in [0.4, 0.5) is 5.69 Å². The van der Waals surface area contributed by atoms with Crippen molar-refractivity contribution in [1.29, 1.82) is 0 Å². The maximum atomic E-state index is 12.1. The second-order valence-electron chi connectivity index (χ2n) is 6.47. The molecule has 1 N–H and O–H groups in total. The Hall–Kier alpha value is -2.71. The molecule has 0 spiro atoms. The molecule has 6 nitrogen and oxygen atoms in total. The van der Waals surface area contributed by atoms with E-state index in [0.29, 0.717) is 34.4 Å². The summed E-state index contributed by atoms with van der Waals surface area (Å²) >= 11 is 1.96. The molecule has 0 atom stereocenters. The van der Waals surface area contributed by atoms with E-state index < -0.39 is 0 Å². The third-order valence-corrected chi connectivity index (χ3v) is 5.98. The van der Waals surface area contributed by atoms with Crippen molar-refractivity contribution >= 4 is 34.6 Å². The van der Waals surface area contributed by atoms with Crippen LogP contribution in [0.15, 0.2) is 41.6 Å². The van der Waals surface area contributed by atoms with Gasteiger partial charge in [-0.1, -0.05) is 13.3 Å². The van der Waals surface area contributed by atoms with Gasteiger partial charge in [-0.05, 0) is 31.5 Å². The lowest BCUT2D eigenvalue weighted by atomic mass is 10.1. The van der Waals surface area contributed by atoms with E-state index in [1.165, 1.54) is 7.11 Å². The second-order valence-corrected chi connectivity index (χ2v) is 8.33. The lowest BCUT2D eigenvalue weighted by molar-refractivity contribution is -0.116. The van der Waals surface area contributed by atoms with Gasteiger partial charge in [0.15, 0.2) is 5.75 Å². The van der Waals surface area contributed by atoms with Crippen molar-refractivity contribution in [2.24, 2.45) is 0 Å². The molecule has 1 amide bonds. The van der Waals surface area contributed by atoms with Crippen LogP contribution in [0.3, 0.4) is 0 Å². The lowest BCUT2D eigenvalue weighted by Gasteiger charge is -2.04. The van der Waals surface area contributed by atoms with Crippen molar-refractivity contribution in [2.45, 2.75) is 38.0 Å². The van der Waals surface area contributed by atoms with Crippen LogP contribution < -0.4 is 10.1 Å². The highest BCUT2D eigenvalue weighted by Crippen LogP contribution is 2.34. The number of nitrogens with zero attached hydrogens (tertiary/aromatic N) is 2. The molecule has 0 fully saturated rings. The van der Waals surface area contributed by atoms with E-state index in [0.717, 1.165) is 39.5 Å². The molecule has 0 aliphatic rings. The summed E-state index contributed by atoms with van der Waals surface area (Å²) in [7, 11) is 1.53. The fourth-order valence-electron chi connectivity index (χ4n) is 2.80. The first-order chi connectivity index (χ1) is 14.0. The molecule has 0 unspecified atom stereocenters. The first kappa shape index (κ1) is 21.0. The van der Waals surface area contributed by atoms with Gasteiger partial charge in [-0.15, -0.1) is 11.3 Å². The van der Waals surface area contributed by atoms with Gasteiger partial charge in [0.05, 0.1) is 41.5 Å². The molecular formula is C21H22N3O3S2+. The van der Waals surface area contributed by atoms with Crippen LogP contribution in [-0.4, -0.2) is 23.0 Å². The number of unbranched alkanes of at least 4 members (excludes halogenated alkanes) is 1. The van der Waals surface area contributed by atoms with Crippen molar-refractivity contribution in [1.82, 2.24) is 9.97 Å². The van der Waals surface area contributed by atoms with Gasteiger partial charge in [-0.3, -0.25) is 9.78 Å². The molecule has 0 saturated carbocycles. The number of benzene rings is 1. The molecule has 2 aromatic heterocycles. The fraction of sp³-hybridized carbons (Fsp3) is 0.286. The number of rotatable bonds is 8. The lowest BCUT2D eigenvalue weighted by Crippen LogP contribution is -2.10. The molecule has 150 valence electrons. The number of carbonyl (C=O) groups is 1. The minimum absolute atomic E-state index is 0.0302. The SMILES string of the molecule is CCCCC(=O)Nc1cc(-c2cncc(-c3ccc([S+]=O)c(OC)c3)n2)sc1C. The molecule has 0 aliphatic heterocycles. The van der Waals surface area contributed by atoms with Crippen LogP contribution in [0.1, 0.15) is 31.1 Å². The Morgan fingerprint density at radius 3 is 2.76 bits per heavy atom. The van der Waals surface area contributed by atoms with E-state index in [1.54, 1.807) is 35.9 Å². The Morgan fingerprint density at radius 2 is 2.03 bits per heavy atom. The molecule has 8 heteroatoms. The number of thiophene rings is 1. The summed E-state index contributed by atoms with van der Waals surface area (Å²) in [5, 5.41) is 2.98. The highest BCUT2D eigenvalue weighted by molar-refractivity contribution is 7.65. The van der Waals surface area contributed by atoms with Gasteiger partial charge in [0.2, 0.25) is 5.91 Å². The number of methoxy groups -OCH3 is 1. The van der Waals surface area contributed by atoms with E-state index in [-0.39, 0.29) is 5.91 Å². The number of ether oxygens (including phenoxy) is 1. The van der Waals surface area contributed by atoms with Crippen LogP contribution in [0.2, 0.25) is 0 Å². The number of nitrogens with one attached hydrogen (secondary N) is 1. The van der Waals surface area contributed by atoms with Crippen molar-refractivity contribution in [3.8, 4) is 27.6 Å². The quantitative estimate of drug-likeness (QED) is 0.505. The molecule has 3 rings (SSSR count). The van der Waals surface area contributed by atoms with E-state index in [4.69, 9.17) is 9.72 Å². The molecule has 3 aromatic rings. The van der Waals surface area contributed by atoms with Crippen LogP contribution >= 0.6 is 11.3 Å². The average Bonchev–Trinajstić information content (AvgIpc) is 3.12. The minimum Gasteiger partial charge on any atom is -0.491 e. The summed E-state index contributed by atoms with van der Waals surface area (Å²) in [4.78, 5) is 23.6. The summed E-state index contributed by atoms with van der Waals surface area (Å²) in [6.07, 6.45) is 5.77. The van der Waals surface area contributed by atoms with Gasteiger partial charge in [-0.25, -0.2) is 4.98 Å². The van der Waals surface area contributed by atoms with Crippen LogP contribution in [-0.2, 0) is 20.7 Å². The predicted molar refractivity (Wildman–Crippen MR) is 117 cm³/mol. The number of hydrogen-bond donors (Lipinski definition) is 1. The van der Waals surface area contributed by atoms with Gasteiger partial charge < -0.3 is 10.1 Å². The minimum atomic E-state index is 0.0302. The van der Waals surface area contributed by atoms with Crippen molar-refractivity contribution < 1.29 is 13.7 Å². The monoisotopic (exact) mass is 428 g/mol. The van der Waals surface area contributed by atoms with Gasteiger partial charge in [-0.2, -0.15) is 0 Å². The van der Waals surface area contributed by atoms with Crippen LogP contribution in [0.5, 0.6) is 5.75 Å². The number of aromatic nitrogens is 2. The largest absolute Gasteiger partial charge is 0.509 e. The highest BCUT2D eigenvalue weighted by atomic mass is 32.1. The maximum Gasteiger partial charge on any atom is 0.509 e. The smallest absolute Gasteiger partial charge is 0.491 e. The van der Waals surface area contributed by atoms with Crippen molar-refractivity contribution in [2.75, 3.05) is 12.4 Å². The maximum absolute atomic E-state index is 12.1. The molecule has 29 heavy (non-hydrogen) atoms. The van der Waals surface area contributed by atoms with Crippen molar-refractivity contribution in [3.05, 3.63) is 41.5 Å². The van der Waals surface area contributed by atoms with Gasteiger partial charge in [0.25, 0.3) is 0 Å². The van der Waals surface area contributed by atoms with Crippen LogP contribution in [0, 0.1) is 6.92 Å².